The highest BCUT2D eigenvalue weighted by atomic mass is 31.1. The first-order valence-electron chi connectivity index (χ1n) is 15.8. The predicted octanol–water partition coefficient (Wildman–Crippen LogP) is 10.7. The Morgan fingerprint density at radius 2 is 1.13 bits per heavy atom. The number of fused-ring (bicyclic) bond motifs is 3. The Kier molecular flexibility index (Phi) is 9.63. The van der Waals surface area contributed by atoms with E-state index in [0.29, 0.717) is 6.61 Å². The lowest BCUT2D eigenvalue weighted by molar-refractivity contribution is 0.395. The molecule has 1 atom stereocenters. The number of hydrogen-bond acceptors (Lipinski definition) is 4. The van der Waals surface area contributed by atoms with Crippen LogP contribution in [0.2, 0.25) is 0 Å². The maximum Gasteiger partial charge on any atom is 0.387 e. The number of aryl methyl sites for hydroxylation is 4. The summed E-state index contributed by atoms with van der Waals surface area (Å²) in [4.78, 5) is 0. The van der Waals surface area contributed by atoms with Gasteiger partial charge in [-0.2, -0.15) is 0 Å². The van der Waals surface area contributed by atoms with Crippen molar-refractivity contribution in [2.75, 3.05) is 19.9 Å². The van der Waals surface area contributed by atoms with Gasteiger partial charge in [0.25, 0.3) is 0 Å². The van der Waals surface area contributed by atoms with Gasteiger partial charge in [0.05, 0.1) is 13.7 Å². The molecular formula is C39H48O4P2. The molecule has 0 saturated carbocycles. The van der Waals surface area contributed by atoms with E-state index in [0.717, 1.165) is 33.8 Å². The summed E-state index contributed by atoms with van der Waals surface area (Å²) in [6.07, 6.45) is 0.842. The summed E-state index contributed by atoms with van der Waals surface area (Å²) in [5, 5.41) is 4.88. The van der Waals surface area contributed by atoms with Crippen LogP contribution in [-0.4, -0.2) is 19.9 Å². The van der Waals surface area contributed by atoms with Crippen LogP contribution in [0, 0.1) is 27.7 Å². The van der Waals surface area contributed by atoms with Gasteiger partial charge in [-0.05, 0) is 91.4 Å². The second kappa shape index (κ2) is 13.0. The van der Waals surface area contributed by atoms with Gasteiger partial charge >= 0.3 is 8.24 Å². The van der Waals surface area contributed by atoms with Crippen molar-refractivity contribution >= 4 is 48.7 Å². The third kappa shape index (κ3) is 6.90. The molecule has 1 aromatic heterocycles. The first-order chi connectivity index (χ1) is 21.2. The van der Waals surface area contributed by atoms with E-state index in [2.05, 4.69) is 124 Å². The van der Waals surface area contributed by atoms with Gasteiger partial charge in [0, 0.05) is 28.1 Å². The van der Waals surface area contributed by atoms with Gasteiger partial charge in [-0.15, -0.1) is 0 Å². The summed E-state index contributed by atoms with van der Waals surface area (Å²) in [7, 11) is -0.681. The molecule has 0 aliphatic carbocycles. The van der Waals surface area contributed by atoms with Crippen molar-refractivity contribution in [3.63, 3.8) is 0 Å². The van der Waals surface area contributed by atoms with Gasteiger partial charge in [0.2, 0.25) is 0 Å². The zero-order chi connectivity index (χ0) is 32.7. The number of benzene rings is 4. The normalized spacial score (nSPS) is 13.0. The fraction of sp³-hybridized carbons (Fsp3) is 0.385. The number of methoxy groups -OCH3 is 1. The molecule has 0 spiro atoms. The molecule has 45 heavy (non-hydrogen) atoms. The van der Waals surface area contributed by atoms with Crippen LogP contribution in [0.25, 0.3) is 21.9 Å². The van der Waals surface area contributed by atoms with Gasteiger partial charge in [0.15, 0.2) is 0 Å². The number of ether oxygens (including phenoxy) is 1. The van der Waals surface area contributed by atoms with E-state index in [1.54, 1.807) is 7.11 Å². The molecule has 5 rings (SSSR count). The Morgan fingerprint density at radius 1 is 0.667 bits per heavy atom. The Bertz CT molecular complexity index is 1770. The highest BCUT2D eigenvalue weighted by Crippen LogP contribution is 2.45. The molecule has 1 unspecified atom stereocenters. The van der Waals surface area contributed by atoms with E-state index in [-0.39, 0.29) is 10.8 Å². The SMILES string of the molecule is COc1ccc(P(CCOp2oc3c(C(C)(C)C)cc(C)c(C)c3c3c(C)c(C)cc(C(C)(C)C)c3o2)c2ccccc2)cc1. The summed E-state index contributed by atoms with van der Waals surface area (Å²) >= 11 is 0. The third-order valence-corrected chi connectivity index (χ3v) is 12.3. The zero-order valence-corrected chi connectivity index (χ0v) is 30.6. The van der Waals surface area contributed by atoms with Crippen molar-refractivity contribution in [1.29, 1.82) is 0 Å². The quantitative estimate of drug-likeness (QED) is 0.166. The molecule has 5 aromatic rings. The number of rotatable bonds is 7. The largest absolute Gasteiger partial charge is 0.497 e. The molecule has 4 nitrogen and oxygen atoms in total. The van der Waals surface area contributed by atoms with Gasteiger partial charge in [0.1, 0.15) is 16.9 Å². The van der Waals surface area contributed by atoms with Crippen molar-refractivity contribution in [3.05, 3.63) is 100 Å². The average Bonchev–Trinajstić information content (AvgIpc) is 3.16. The fourth-order valence-electron chi connectivity index (χ4n) is 5.90. The van der Waals surface area contributed by atoms with Crippen molar-refractivity contribution in [3.8, 4) is 5.75 Å². The molecule has 238 valence electrons. The van der Waals surface area contributed by atoms with Gasteiger partial charge in [-0.25, -0.2) is 0 Å². The van der Waals surface area contributed by atoms with E-state index >= 15 is 0 Å². The Morgan fingerprint density at radius 3 is 1.58 bits per heavy atom. The van der Waals surface area contributed by atoms with Gasteiger partial charge in [-0.1, -0.05) is 96.1 Å². The Balaban J connectivity index is 1.70. The van der Waals surface area contributed by atoms with Crippen LogP contribution in [0.1, 0.15) is 74.9 Å². The van der Waals surface area contributed by atoms with E-state index in [4.69, 9.17) is 17.7 Å². The minimum Gasteiger partial charge on any atom is -0.497 e. The minimum absolute atomic E-state index is 0.130. The van der Waals surface area contributed by atoms with E-state index < -0.39 is 16.2 Å². The van der Waals surface area contributed by atoms with Crippen LogP contribution in [0.15, 0.2) is 75.1 Å². The summed E-state index contributed by atoms with van der Waals surface area (Å²) in [5.41, 5.74) is 8.84. The molecule has 4 aromatic carbocycles. The molecule has 0 aliphatic rings. The molecule has 0 N–H and O–H groups in total. The highest BCUT2D eigenvalue weighted by Gasteiger charge is 2.27. The minimum atomic E-state index is -1.73. The molecule has 0 bridgehead atoms. The van der Waals surface area contributed by atoms with E-state index in [1.165, 1.54) is 44.0 Å². The standard InChI is InChI=1S/C39H48O4P2/c1-25-23-32(38(5,6)7)36-34(27(25)3)35-28(4)26(2)24-33(39(8,9)10)37(35)43-45(42-36)41-21-22-44(30-15-13-12-14-16-30)31-19-17-29(40-11)18-20-31/h12-20,23-24H,21-22H2,1-11H3. The van der Waals surface area contributed by atoms with Gasteiger partial charge in [-0.3, -0.25) is 4.52 Å². The van der Waals surface area contributed by atoms with Crippen LogP contribution in [-0.2, 0) is 10.8 Å². The highest BCUT2D eigenvalue weighted by molar-refractivity contribution is 7.73. The Labute approximate surface area is 271 Å². The molecule has 6 heteroatoms. The maximum atomic E-state index is 6.93. The van der Waals surface area contributed by atoms with Crippen LogP contribution in [0.4, 0.5) is 0 Å². The molecule has 1 heterocycles. The molecule has 0 amide bonds. The topological polar surface area (TPSA) is 44.7 Å². The van der Waals surface area contributed by atoms with Crippen LogP contribution >= 0.6 is 16.2 Å². The monoisotopic (exact) mass is 642 g/mol. The first-order valence-corrected chi connectivity index (χ1v) is 18.4. The van der Waals surface area contributed by atoms with E-state index in [9.17, 15) is 0 Å². The van der Waals surface area contributed by atoms with E-state index in [1.807, 2.05) is 12.1 Å². The molecule has 0 aliphatic heterocycles. The average molecular weight is 643 g/mol. The first kappa shape index (κ1) is 33.3. The Hall–Kier alpha value is -3.03. The smallest absolute Gasteiger partial charge is 0.387 e. The summed E-state index contributed by atoms with van der Waals surface area (Å²) in [5.74, 6) is 0.861. The molecule has 0 radical (unpaired) electrons. The zero-order valence-electron chi connectivity index (χ0n) is 28.8. The number of hydrogen-bond donors (Lipinski definition) is 0. The van der Waals surface area contributed by atoms with Crippen molar-refractivity contribution in [1.82, 2.24) is 0 Å². The molecule has 0 saturated heterocycles. The third-order valence-electron chi connectivity index (χ3n) is 8.76. The molecule has 0 fully saturated rings. The van der Waals surface area contributed by atoms with Crippen LogP contribution < -0.4 is 19.9 Å². The van der Waals surface area contributed by atoms with Gasteiger partial charge < -0.3 is 13.1 Å². The summed E-state index contributed by atoms with van der Waals surface area (Å²) in [6.45, 7) is 22.9. The molecular weight excluding hydrogens is 594 g/mol. The second-order valence-electron chi connectivity index (χ2n) is 14.1. The summed E-state index contributed by atoms with van der Waals surface area (Å²) in [6, 6.07) is 23.7. The fourth-order valence-corrected chi connectivity index (χ4v) is 9.23. The lowest BCUT2D eigenvalue weighted by Gasteiger charge is -2.23. The predicted molar refractivity (Wildman–Crippen MR) is 195 cm³/mol. The van der Waals surface area contributed by atoms with Crippen molar-refractivity contribution in [2.45, 2.75) is 80.1 Å². The van der Waals surface area contributed by atoms with Crippen LogP contribution in [0.5, 0.6) is 5.75 Å². The lowest BCUT2D eigenvalue weighted by atomic mass is 9.81. The lowest BCUT2D eigenvalue weighted by Crippen LogP contribution is -2.17. The van der Waals surface area contributed by atoms with Crippen molar-refractivity contribution in [2.24, 2.45) is 0 Å². The summed E-state index contributed by atoms with van der Waals surface area (Å²) < 4.78 is 26.0. The van der Waals surface area contributed by atoms with Crippen molar-refractivity contribution < 1.29 is 17.7 Å². The second-order valence-corrected chi connectivity index (χ2v) is 17.5. The van der Waals surface area contributed by atoms with Crippen LogP contribution in [0.3, 0.4) is 0 Å². The maximum absolute atomic E-state index is 6.93.